The molecule has 2 aliphatic rings. The molecule has 7 nitrogen and oxygen atoms in total. The van der Waals surface area contributed by atoms with Gasteiger partial charge in [0, 0.05) is 31.7 Å². The summed E-state index contributed by atoms with van der Waals surface area (Å²) in [6, 6.07) is 9.95. The lowest BCUT2D eigenvalue weighted by Gasteiger charge is -2.42. The van der Waals surface area contributed by atoms with Crippen LogP contribution in [0.4, 0.5) is 10.3 Å². The molecule has 1 fully saturated rings. The van der Waals surface area contributed by atoms with Crippen molar-refractivity contribution in [3.8, 4) is 11.3 Å². The Labute approximate surface area is 210 Å². The Morgan fingerprint density at radius 1 is 1.20 bits per heavy atom. The number of nitrogens with two attached hydrogens (primary N) is 1. The fourth-order valence-corrected chi connectivity index (χ4v) is 6.08. The number of hydrogen-bond donors (Lipinski definition) is 2. The third-order valence-electron chi connectivity index (χ3n) is 7.67. The number of rotatable bonds is 2. The van der Waals surface area contributed by atoms with Gasteiger partial charge < -0.3 is 10.6 Å². The van der Waals surface area contributed by atoms with E-state index in [1.165, 1.54) is 6.07 Å². The van der Waals surface area contributed by atoms with Gasteiger partial charge >= 0.3 is 0 Å². The SMILES string of the molecule is Cn1c(N2CCC3(CC2)Cc2ccc(F)cc2[C@H]3N)nc2[nH]nc(-c3cccc(Cl)c3Cl)c2c1=O. The van der Waals surface area contributed by atoms with Gasteiger partial charge in [0.15, 0.2) is 5.65 Å². The molecule has 0 unspecified atom stereocenters. The smallest absolute Gasteiger partial charge is 0.266 e. The zero-order valence-corrected chi connectivity index (χ0v) is 20.5. The molecule has 0 amide bonds. The van der Waals surface area contributed by atoms with Crippen LogP contribution < -0.4 is 16.2 Å². The molecule has 1 aliphatic heterocycles. The van der Waals surface area contributed by atoms with E-state index in [0.29, 0.717) is 51.4 Å². The zero-order valence-electron chi connectivity index (χ0n) is 19.0. The predicted octanol–water partition coefficient (Wildman–Crippen LogP) is 4.61. The number of piperidine rings is 1. The summed E-state index contributed by atoms with van der Waals surface area (Å²) in [7, 11) is 1.71. The summed E-state index contributed by atoms with van der Waals surface area (Å²) in [5.41, 5.74) is 9.73. The number of hydrogen-bond acceptors (Lipinski definition) is 5. The van der Waals surface area contributed by atoms with Gasteiger partial charge in [0.2, 0.25) is 5.95 Å². The van der Waals surface area contributed by atoms with E-state index in [0.717, 1.165) is 30.4 Å². The number of nitrogens with zero attached hydrogens (tertiary/aromatic N) is 4. The molecule has 1 saturated heterocycles. The lowest BCUT2D eigenvalue weighted by atomic mass is 9.73. The molecule has 1 aliphatic carbocycles. The monoisotopic (exact) mass is 512 g/mol. The second-order valence-electron chi connectivity index (χ2n) is 9.52. The van der Waals surface area contributed by atoms with Crippen molar-refractivity contribution in [3.63, 3.8) is 0 Å². The molecule has 3 heterocycles. The number of H-pyrrole nitrogens is 1. The Hall–Kier alpha value is -2.94. The molecule has 2 aromatic heterocycles. The summed E-state index contributed by atoms with van der Waals surface area (Å²) < 4.78 is 15.4. The molecule has 10 heteroatoms. The molecule has 1 spiro atoms. The fourth-order valence-electron chi connectivity index (χ4n) is 5.69. The van der Waals surface area contributed by atoms with Crippen LogP contribution in [0, 0.1) is 11.2 Å². The van der Waals surface area contributed by atoms with Gasteiger partial charge in [0.1, 0.15) is 16.9 Å². The van der Waals surface area contributed by atoms with E-state index in [2.05, 4.69) is 15.1 Å². The van der Waals surface area contributed by atoms with Crippen LogP contribution in [0.2, 0.25) is 10.0 Å². The normalized spacial score (nSPS) is 19.0. The molecule has 0 bridgehead atoms. The van der Waals surface area contributed by atoms with Crippen LogP contribution in [0.25, 0.3) is 22.3 Å². The van der Waals surface area contributed by atoms with Gasteiger partial charge in [0.25, 0.3) is 5.56 Å². The average molecular weight is 513 g/mol. The van der Waals surface area contributed by atoms with Gasteiger partial charge in [-0.15, -0.1) is 0 Å². The molecule has 4 aromatic rings. The van der Waals surface area contributed by atoms with Crippen molar-refractivity contribution >= 4 is 40.2 Å². The van der Waals surface area contributed by atoms with Gasteiger partial charge in [-0.05, 0) is 54.0 Å². The van der Waals surface area contributed by atoms with Crippen LogP contribution in [-0.4, -0.2) is 32.8 Å². The Morgan fingerprint density at radius 3 is 2.74 bits per heavy atom. The molecule has 1 atom stereocenters. The van der Waals surface area contributed by atoms with Crippen LogP contribution in [-0.2, 0) is 13.5 Å². The highest BCUT2D eigenvalue weighted by atomic mass is 35.5. The van der Waals surface area contributed by atoms with Crippen LogP contribution >= 0.6 is 23.2 Å². The Balaban J connectivity index is 1.32. The van der Waals surface area contributed by atoms with E-state index in [-0.39, 0.29) is 22.8 Å². The minimum Gasteiger partial charge on any atom is -0.342 e. The maximum absolute atomic E-state index is 13.8. The second kappa shape index (κ2) is 8.05. The molecule has 0 saturated carbocycles. The number of aromatic nitrogens is 4. The first-order chi connectivity index (χ1) is 16.8. The molecule has 35 heavy (non-hydrogen) atoms. The quantitative estimate of drug-likeness (QED) is 0.409. The molecule has 2 aromatic carbocycles. The summed E-state index contributed by atoms with van der Waals surface area (Å²) in [6.07, 6.45) is 2.49. The van der Waals surface area contributed by atoms with Gasteiger partial charge in [-0.3, -0.25) is 14.5 Å². The molecule has 3 N–H and O–H groups in total. The molecule has 180 valence electrons. The molecule has 0 radical (unpaired) electrons. The maximum atomic E-state index is 13.8. The van der Waals surface area contributed by atoms with Gasteiger partial charge in [-0.25, -0.2) is 4.39 Å². The number of aromatic amines is 1. The lowest BCUT2D eigenvalue weighted by molar-refractivity contribution is 0.186. The van der Waals surface area contributed by atoms with E-state index in [9.17, 15) is 9.18 Å². The highest BCUT2D eigenvalue weighted by Crippen LogP contribution is 2.51. The van der Waals surface area contributed by atoms with E-state index in [1.807, 2.05) is 6.07 Å². The van der Waals surface area contributed by atoms with Crippen LogP contribution in [0.15, 0.2) is 41.2 Å². The third-order valence-corrected chi connectivity index (χ3v) is 8.49. The summed E-state index contributed by atoms with van der Waals surface area (Å²) in [5, 5.41) is 8.33. The average Bonchev–Trinajstić information content (AvgIpc) is 3.38. The number of halogens is 3. The summed E-state index contributed by atoms with van der Waals surface area (Å²) >= 11 is 12.6. The first kappa shape index (κ1) is 22.5. The molecule has 6 rings (SSSR count). The van der Waals surface area contributed by atoms with Gasteiger partial charge in [-0.2, -0.15) is 10.1 Å². The Bertz CT molecular complexity index is 1540. The van der Waals surface area contributed by atoms with E-state index in [1.54, 1.807) is 35.9 Å². The van der Waals surface area contributed by atoms with E-state index in [4.69, 9.17) is 33.9 Å². The maximum Gasteiger partial charge on any atom is 0.266 e. The first-order valence-corrected chi connectivity index (χ1v) is 12.2. The lowest BCUT2D eigenvalue weighted by Crippen LogP contribution is -2.46. The third kappa shape index (κ3) is 3.38. The predicted molar refractivity (Wildman–Crippen MR) is 135 cm³/mol. The van der Waals surface area contributed by atoms with Crippen molar-refractivity contribution in [2.24, 2.45) is 18.2 Å². The van der Waals surface area contributed by atoms with Gasteiger partial charge in [-0.1, -0.05) is 41.4 Å². The van der Waals surface area contributed by atoms with Gasteiger partial charge in [0.05, 0.1) is 10.0 Å². The Kier molecular flexibility index (Phi) is 5.18. The number of fused-ring (bicyclic) bond motifs is 2. The minimum atomic E-state index is -0.251. The van der Waals surface area contributed by atoms with Crippen molar-refractivity contribution in [2.75, 3.05) is 18.0 Å². The number of nitrogens with one attached hydrogen (secondary N) is 1. The first-order valence-electron chi connectivity index (χ1n) is 11.5. The van der Waals surface area contributed by atoms with E-state index >= 15 is 0 Å². The summed E-state index contributed by atoms with van der Waals surface area (Å²) in [6.45, 7) is 1.38. The fraction of sp³-hybridized carbons (Fsp3) is 0.320. The second-order valence-corrected chi connectivity index (χ2v) is 10.3. The van der Waals surface area contributed by atoms with Crippen molar-refractivity contribution in [3.05, 3.63) is 73.7 Å². The van der Waals surface area contributed by atoms with Crippen LogP contribution in [0.1, 0.15) is 30.0 Å². The molecular weight excluding hydrogens is 490 g/mol. The van der Waals surface area contributed by atoms with E-state index < -0.39 is 0 Å². The van der Waals surface area contributed by atoms with Crippen molar-refractivity contribution in [2.45, 2.75) is 25.3 Å². The zero-order chi connectivity index (χ0) is 24.5. The summed E-state index contributed by atoms with van der Waals surface area (Å²) in [5.74, 6) is 0.319. The van der Waals surface area contributed by atoms with Crippen LogP contribution in [0.3, 0.4) is 0 Å². The summed E-state index contributed by atoms with van der Waals surface area (Å²) in [4.78, 5) is 20.3. The highest BCUT2D eigenvalue weighted by Gasteiger charge is 2.46. The van der Waals surface area contributed by atoms with Crippen LogP contribution in [0.5, 0.6) is 0 Å². The highest BCUT2D eigenvalue weighted by molar-refractivity contribution is 6.43. The van der Waals surface area contributed by atoms with Crippen molar-refractivity contribution in [1.82, 2.24) is 19.7 Å². The topological polar surface area (TPSA) is 92.8 Å². The number of anilines is 1. The molecular formula is C25H23Cl2FN6O. The number of benzene rings is 2. The minimum absolute atomic E-state index is 0.111. The van der Waals surface area contributed by atoms with Crippen molar-refractivity contribution < 1.29 is 4.39 Å². The van der Waals surface area contributed by atoms with Crippen molar-refractivity contribution in [1.29, 1.82) is 0 Å². The standard InChI is InChI=1S/C25H23Cl2FN6O/c1-33-23(35)18-20(15-3-2-4-17(26)19(15)27)31-32-22(18)30-24(33)34-9-7-25(8-10-34)12-13-5-6-14(28)11-16(13)21(25)29/h2-6,11,21H,7-10,12,29H2,1H3,(H,31,32)/t21-/m1/s1. The largest absolute Gasteiger partial charge is 0.342 e. The Morgan fingerprint density at radius 2 is 1.97 bits per heavy atom.